The molecule has 1 amide bonds. The summed E-state index contributed by atoms with van der Waals surface area (Å²) in [6, 6.07) is 6.03. The van der Waals surface area contributed by atoms with Gasteiger partial charge in [-0.25, -0.2) is 9.82 Å². The molecule has 0 aliphatic rings. The smallest absolute Gasteiger partial charge is 0.240 e. The summed E-state index contributed by atoms with van der Waals surface area (Å²) in [5, 5.41) is 3.77. The first-order valence-electron chi connectivity index (χ1n) is 5.80. The summed E-state index contributed by atoms with van der Waals surface area (Å²) in [7, 11) is 0. The van der Waals surface area contributed by atoms with Gasteiger partial charge in [0, 0.05) is 6.42 Å². The second kappa shape index (κ2) is 7.54. The van der Waals surface area contributed by atoms with Crippen LogP contribution in [0.2, 0.25) is 0 Å². The molecule has 0 aliphatic carbocycles. The highest BCUT2D eigenvalue weighted by Gasteiger charge is 1.97. The van der Waals surface area contributed by atoms with E-state index in [1.807, 2.05) is 0 Å². The van der Waals surface area contributed by atoms with Crippen molar-refractivity contribution in [2.45, 2.75) is 32.6 Å². The third-order valence-electron chi connectivity index (χ3n) is 2.26. The van der Waals surface area contributed by atoms with Gasteiger partial charge in [0.2, 0.25) is 5.91 Å². The van der Waals surface area contributed by atoms with Gasteiger partial charge in [-0.1, -0.05) is 31.9 Å². The molecule has 3 nitrogen and oxygen atoms in total. The number of unbranched alkanes of at least 4 members (excludes halogenated alkanes) is 2. The molecule has 1 aromatic carbocycles. The normalized spacial score (nSPS) is 10.7. The molecule has 0 bridgehead atoms. The molecule has 0 aliphatic heterocycles. The van der Waals surface area contributed by atoms with Crippen LogP contribution in [0.15, 0.2) is 29.4 Å². The number of hydrogen-bond acceptors (Lipinski definition) is 2. The molecule has 0 fully saturated rings. The minimum atomic E-state index is -0.316. The predicted octanol–water partition coefficient (Wildman–Crippen LogP) is 2.86. The molecule has 0 radical (unpaired) electrons. The molecule has 0 atom stereocenters. The lowest BCUT2D eigenvalue weighted by atomic mass is 10.2. The van der Waals surface area contributed by atoms with E-state index in [2.05, 4.69) is 17.5 Å². The van der Waals surface area contributed by atoms with Gasteiger partial charge in [-0.3, -0.25) is 4.79 Å². The number of nitrogens with zero attached hydrogens (tertiary/aromatic N) is 1. The maximum Gasteiger partial charge on any atom is 0.240 e. The van der Waals surface area contributed by atoms with Crippen molar-refractivity contribution < 1.29 is 9.18 Å². The average molecular weight is 236 g/mol. The van der Waals surface area contributed by atoms with E-state index in [1.54, 1.807) is 12.1 Å². The molecule has 92 valence electrons. The van der Waals surface area contributed by atoms with E-state index in [-0.39, 0.29) is 11.7 Å². The Balaban J connectivity index is 2.32. The first-order chi connectivity index (χ1) is 8.22. The highest BCUT2D eigenvalue weighted by molar-refractivity contribution is 5.82. The van der Waals surface area contributed by atoms with Crippen molar-refractivity contribution in [2.24, 2.45) is 5.10 Å². The van der Waals surface area contributed by atoms with Gasteiger partial charge in [-0.05, 0) is 24.1 Å². The molecular weight excluding hydrogens is 219 g/mol. The zero-order valence-corrected chi connectivity index (χ0v) is 9.95. The molecule has 1 rings (SSSR count). The largest absolute Gasteiger partial charge is 0.273 e. The molecule has 4 heteroatoms. The average Bonchev–Trinajstić information content (AvgIpc) is 2.29. The maximum atomic E-state index is 12.8. The Morgan fingerprint density at radius 3 is 3.00 bits per heavy atom. The lowest BCUT2D eigenvalue weighted by molar-refractivity contribution is -0.121. The van der Waals surface area contributed by atoms with Crippen LogP contribution in [-0.4, -0.2) is 12.1 Å². The van der Waals surface area contributed by atoms with Gasteiger partial charge in [-0.15, -0.1) is 0 Å². The second-order valence-electron chi connectivity index (χ2n) is 3.81. The van der Waals surface area contributed by atoms with Crippen molar-refractivity contribution in [3.05, 3.63) is 35.6 Å². The highest BCUT2D eigenvalue weighted by Crippen LogP contribution is 2.00. The summed E-state index contributed by atoms with van der Waals surface area (Å²) in [6.07, 6.45) is 4.91. The molecule has 1 aromatic rings. The standard InChI is InChI=1S/C13H17FN2O/c1-2-3-4-8-13(17)16-15-10-11-6-5-7-12(14)9-11/h5-7,9-10H,2-4,8H2,1H3,(H,16,17)/b15-10+. The quantitative estimate of drug-likeness (QED) is 0.460. The van der Waals surface area contributed by atoms with Crippen LogP contribution in [-0.2, 0) is 4.79 Å². The van der Waals surface area contributed by atoms with Crippen molar-refractivity contribution in [3.63, 3.8) is 0 Å². The Hall–Kier alpha value is -1.71. The van der Waals surface area contributed by atoms with E-state index in [9.17, 15) is 9.18 Å². The number of hydrogen-bond donors (Lipinski definition) is 1. The van der Waals surface area contributed by atoms with Gasteiger partial charge >= 0.3 is 0 Å². The first kappa shape index (κ1) is 13.4. The Labute approximate surface area is 101 Å². The fourth-order valence-electron chi connectivity index (χ4n) is 1.36. The van der Waals surface area contributed by atoms with E-state index in [4.69, 9.17) is 0 Å². The van der Waals surface area contributed by atoms with E-state index in [1.165, 1.54) is 18.3 Å². The lowest BCUT2D eigenvalue weighted by Gasteiger charge is -1.98. The highest BCUT2D eigenvalue weighted by atomic mass is 19.1. The zero-order valence-electron chi connectivity index (χ0n) is 9.95. The Kier molecular flexibility index (Phi) is 5.93. The molecule has 0 heterocycles. The number of carbonyl (C=O) groups excluding carboxylic acids is 1. The number of rotatable bonds is 6. The number of hydrazone groups is 1. The second-order valence-corrected chi connectivity index (χ2v) is 3.81. The molecule has 0 saturated carbocycles. The number of carbonyl (C=O) groups is 1. The maximum absolute atomic E-state index is 12.8. The van der Waals surface area contributed by atoms with Gasteiger partial charge in [0.15, 0.2) is 0 Å². The Bertz CT molecular complexity index is 391. The van der Waals surface area contributed by atoms with Crippen LogP contribution in [0.4, 0.5) is 4.39 Å². The van der Waals surface area contributed by atoms with Crippen molar-refractivity contribution >= 4 is 12.1 Å². The van der Waals surface area contributed by atoms with Crippen LogP contribution < -0.4 is 5.43 Å². The predicted molar refractivity (Wildman–Crippen MR) is 66.3 cm³/mol. The summed E-state index contributed by atoms with van der Waals surface area (Å²) in [5.74, 6) is -0.422. The molecule has 1 N–H and O–H groups in total. The molecule has 0 spiro atoms. The SMILES string of the molecule is CCCCCC(=O)N/N=C/c1cccc(F)c1. The van der Waals surface area contributed by atoms with Crippen molar-refractivity contribution in [1.82, 2.24) is 5.43 Å². The van der Waals surface area contributed by atoms with Crippen LogP contribution >= 0.6 is 0 Å². The van der Waals surface area contributed by atoms with Gasteiger partial charge in [0.05, 0.1) is 6.21 Å². The fourth-order valence-corrected chi connectivity index (χ4v) is 1.36. The summed E-state index contributed by atoms with van der Waals surface area (Å²) < 4.78 is 12.8. The number of amides is 1. The topological polar surface area (TPSA) is 41.5 Å². The summed E-state index contributed by atoms with van der Waals surface area (Å²) >= 11 is 0. The van der Waals surface area contributed by atoms with Gasteiger partial charge in [0.25, 0.3) is 0 Å². The summed E-state index contributed by atoms with van der Waals surface area (Å²) in [5.41, 5.74) is 3.04. The van der Waals surface area contributed by atoms with Gasteiger partial charge in [0.1, 0.15) is 5.82 Å². The van der Waals surface area contributed by atoms with Gasteiger partial charge < -0.3 is 0 Å². The molecule has 0 aromatic heterocycles. The number of benzene rings is 1. The lowest BCUT2D eigenvalue weighted by Crippen LogP contribution is -2.16. The number of nitrogens with one attached hydrogen (secondary N) is 1. The van der Waals surface area contributed by atoms with Crippen LogP contribution in [0.1, 0.15) is 38.2 Å². The van der Waals surface area contributed by atoms with Crippen LogP contribution in [0, 0.1) is 5.82 Å². The summed E-state index contributed by atoms with van der Waals surface area (Å²) in [6.45, 7) is 2.08. The molecular formula is C13H17FN2O. The van der Waals surface area contributed by atoms with Crippen molar-refractivity contribution in [2.75, 3.05) is 0 Å². The third-order valence-corrected chi connectivity index (χ3v) is 2.26. The monoisotopic (exact) mass is 236 g/mol. The van der Waals surface area contributed by atoms with Crippen LogP contribution in [0.5, 0.6) is 0 Å². The van der Waals surface area contributed by atoms with Crippen LogP contribution in [0.25, 0.3) is 0 Å². The molecule has 17 heavy (non-hydrogen) atoms. The van der Waals surface area contributed by atoms with Gasteiger partial charge in [-0.2, -0.15) is 5.10 Å². The van der Waals surface area contributed by atoms with Crippen LogP contribution in [0.3, 0.4) is 0 Å². The van der Waals surface area contributed by atoms with Crippen molar-refractivity contribution in [3.8, 4) is 0 Å². The fraction of sp³-hybridized carbons (Fsp3) is 0.385. The van der Waals surface area contributed by atoms with E-state index < -0.39 is 0 Å². The Morgan fingerprint density at radius 1 is 1.47 bits per heavy atom. The minimum absolute atomic E-state index is 0.105. The van der Waals surface area contributed by atoms with Crippen molar-refractivity contribution in [1.29, 1.82) is 0 Å². The third kappa shape index (κ3) is 5.80. The molecule has 0 unspecified atom stereocenters. The van der Waals surface area contributed by atoms with E-state index in [0.717, 1.165) is 19.3 Å². The molecule has 0 saturated heterocycles. The first-order valence-corrected chi connectivity index (χ1v) is 5.80. The van der Waals surface area contributed by atoms with E-state index in [0.29, 0.717) is 12.0 Å². The minimum Gasteiger partial charge on any atom is -0.273 e. The Morgan fingerprint density at radius 2 is 2.29 bits per heavy atom. The van der Waals surface area contributed by atoms with E-state index >= 15 is 0 Å². The number of halogens is 1. The summed E-state index contributed by atoms with van der Waals surface area (Å²) in [4.78, 5) is 11.3. The zero-order chi connectivity index (χ0) is 12.5.